The number of benzene rings is 1. The summed E-state index contributed by atoms with van der Waals surface area (Å²) in [6.07, 6.45) is 5.75. The lowest BCUT2D eigenvalue weighted by molar-refractivity contribution is -0.122. The highest BCUT2D eigenvalue weighted by atomic mass is 32.1. The third kappa shape index (κ3) is 6.80. The third-order valence-electron chi connectivity index (χ3n) is 8.68. The van der Waals surface area contributed by atoms with Crippen LogP contribution in [0.25, 0.3) is 10.9 Å². The Morgan fingerprint density at radius 1 is 1.02 bits per heavy atom. The minimum atomic E-state index is -0.0738. The van der Waals surface area contributed by atoms with Crippen LogP contribution in [0.5, 0.6) is 5.75 Å². The van der Waals surface area contributed by atoms with E-state index in [1.165, 1.54) is 12.8 Å². The van der Waals surface area contributed by atoms with Gasteiger partial charge in [0.1, 0.15) is 11.4 Å². The summed E-state index contributed by atoms with van der Waals surface area (Å²) < 4.78 is 11.4. The molecule has 0 radical (unpaired) electrons. The molecule has 226 valence electrons. The quantitative estimate of drug-likeness (QED) is 0.380. The van der Waals surface area contributed by atoms with Gasteiger partial charge >= 0.3 is 0 Å². The molecule has 1 aromatic carbocycles. The molecule has 3 aliphatic rings. The maximum Gasteiger partial charge on any atom is 0.222 e. The molecule has 0 aliphatic carbocycles. The number of morpholine rings is 1. The number of nitrogens with zero attached hydrogens (tertiary/aromatic N) is 6. The molecule has 0 bridgehead atoms. The van der Waals surface area contributed by atoms with E-state index in [1.54, 1.807) is 18.4 Å². The SMILES string of the molecule is COc1ccc2cccnc2c1N1CCCN([C@@H](CC(=O)NCCN2CCCC2)c2csc(N3CCOCC3)n2)CC1. The Kier molecular flexibility index (Phi) is 9.69. The Hall–Kier alpha value is -2.99. The van der Waals surface area contributed by atoms with Gasteiger partial charge in [0.15, 0.2) is 5.13 Å². The standard InChI is InChI=1S/C31H43N7O3S/c1-40-27-8-7-24-6-4-9-33-29(24)30(27)37-14-5-13-36(16-17-37)26(22-28(39)32-10-15-35-11-2-3-12-35)25-23-42-31(34-25)38-18-20-41-21-19-38/h4,6-9,23,26H,2-3,5,10-22H2,1H3,(H,32,39)/t26-/m0/s1. The number of thiazole rings is 1. The molecule has 3 fully saturated rings. The second-order valence-corrected chi connectivity index (χ2v) is 12.2. The van der Waals surface area contributed by atoms with Crippen LogP contribution >= 0.6 is 11.3 Å². The Morgan fingerprint density at radius 3 is 2.71 bits per heavy atom. The number of ether oxygens (including phenoxy) is 2. The number of likely N-dealkylation sites (tertiary alicyclic amines) is 1. The van der Waals surface area contributed by atoms with Crippen LogP contribution in [0, 0.1) is 0 Å². The van der Waals surface area contributed by atoms with Gasteiger partial charge < -0.3 is 29.5 Å². The summed E-state index contributed by atoms with van der Waals surface area (Å²) in [5, 5.41) is 7.50. The van der Waals surface area contributed by atoms with Crippen molar-refractivity contribution in [3.8, 4) is 5.75 Å². The molecular weight excluding hydrogens is 550 g/mol. The Balaban J connectivity index is 1.19. The predicted molar refractivity (Wildman–Crippen MR) is 168 cm³/mol. The number of fused-ring (bicyclic) bond motifs is 1. The van der Waals surface area contributed by atoms with Crippen LogP contribution < -0.4 is 19.9 Å². The Morgan fingerprint density at radius 2 is 1.88 bits per heavy atom. The Labute approximate surface area is 252 Å². The van der Waals surface area contributed by atoms with Gasteiger partial charge in [-0.3, -0.25) is 14.7 Å². The van der Waals surface area contributed by atoms with E-state index in [2.05, 4.69) is 42.4 Å². The zero-order chi connectivity index (χ0) is 28.7. The van der Waals surface area contributed by atoms with Gasteiger partial charge in [0.2, 0.25) is 5.91 Å². The van der Waals surface area contributed by atoms with E-state index in [4.69, 9.17) is 19.4 Å². The number of carbonyl (C=O) groups is 1. The van der Waals surface area contributed by atoms with Crippen molar-refractivity contribution >= 4 is 39.0 Å². The van der Waals surface area contributed by atoms with E-state index in [0.29, 0.717) is 13.0 Å². The first-order valence-electron chi connectivity index (χ1n) is 15.4. The van der Waals surface area contributed by atoms with Gasteiger partial charge in [-0.2, -0.15) is 0 Å². The molecule has 5 heterocycles. The van der Waals surface area contributed by atoms with E-state index < -0.39 is 0 Å². The number of nitrogens with one attached hydrogen (secondary N) is 1. The number of rotatable bonds is 10. The molecule has 3 aliphatic heterocycles. The first kappa shape index (κ1) is 29.1. The molecule has 42 heavy (non-hydrogen) atoms. The van der Waals surface area contributed by atoms with Crippen molar-refractivity contribution in [3.63, 3.8) is 0 Å². The average Bonchev–Trinajstić information content (AvgIpc) is 3.68. The van der Waals surface area contributed by atoms with Crippen molar-refractivity contribution in [2.45, 2.75) is 31.7 Å². The third-order valence-corrected chi connectivity index (χ3v) is 9.60. The highest BCUT2D eigenvalue weighted by Gasteiger charge is 2.30. The number of anilines is 2. The molecule has 0 unspecified atom stereocenters. The van der Waals surface area contributed by atoms with Crippen molar-refractivity contribution in [1.29, 1.82) is 0 Å². The summed E-state index contributed by atoms with van der Waals surface area (Å²) in [7, 11) is 1.73. The fourth-order valence-electron chi connectivity index (χ4n) is 6.41. The lowest BCUT2D eigenvalue weighted by Crippen LogP contribution is -2.39. The largest absolute Gasteiger partial charge is 0.494 e. The zero-order valence-electron chi connectivity index (χ0n) is 24.7. The summed E-state index contributed by atoms with van der Waals surface area (Å²) in [5.74, 6) is 0.944. The number of hydrogen-bond acceptors (Lipinski definition) is 10. The van der Waals surface area contributed by atoms with Gasteiger partial charge in [0.25, 0.3) is 0 Å². The number of carbonyl (C=O) groups excluding carboxylic acids is 1. The molecule has 6 rings (SSSR count). The normalized spacial score (nSPS) is 19.6. The summed E-state index contributed by atoms with van der Waals surface area (Å²) in [4.78, 5) is 32.7. The van der Waals surface area contributed by atoms with Crippen molar-refractivity contribution < 1.29 is 14.3 Å². The second kappa shape index (κ2) is 14.0. The summed E-state index contributed by atoms with van der Waals surface area (Å²) in [6, 6.07) is 8.11. The zero-order valence-corrected chi connectivity index (χ0v) is 25.5. The monoisotopic (exact) mass is 593 g/mol. The fourth-order valence-corrected chi connectivity index (χ4v) is 7.34. The number of methoxy groups -OCH3 is 1. The maximum atomic E-state index is 13.3. The van der Waals surface area contributed by atoms with Crippen LogP contribution in [0.2, 0.25) is 0 Å². The van der Waals surface area contributed by atoms with Crippen LogP contribution in [0.15, 0.2) is 35.8 Å². The van der Waals surface area contributed by atoms with E-state index in [1.807, 2.05) is 18.3 Å². The Bertz CT molecular complexity index is 1320. The molecule has 0 saturated carbocycles. The average molecular weight is 594 g/mol. The van der Waals surface area contributed by atoms with Gasteiger partial charge in [-0.25, -0.2) is 4.98 Å². The molecule has 1 atom stereocenters. The van der Waals surface area contributed by atoms with E-state index in [9.17, 15) is 4.79 Å². The summed E-state index contributed by atoms with van der Waals surface area (Å²) >= 11 is 1.68. The van der Waals surface area contributed by atoms with Crippen molar-refractivity contribution in [1.82, 2.24) is 25.1 Å². The molecular formula is C31H43N7O3S. The number of hydrogen-bond donors (Lipinski definition) is 1. The second-order valence-electron chi connectivity index (χ2n) is 11.3. The first-order valence-corrected chi connectivity index (χ1v) is 16.3. The van der Waals surface area contributed by atoms with Gasteiger partial charge in [0.05, 0.1) is 37.6 Å². The first-order chi connectivity index (χ1) is 20.7. The number of pyridine rings is 1. The van der Waals surface area contributed by atoms with Gasteiger partial charge in [-0.05, 0) is 50.6 Å². The minimum Gasteiger partial charge on any atom is -0.494 e. The topological polar surface area (TPSA) is 86.3 Å². The van der Waals surface area contributed by atoms with E-state index in [-0.39, 0.29) is 11.9 Å². The smallest absolute Gasteiger partial charge is 0.222 e. The minimum absolute atomic E-state index is 0.0738. The van der Waals surface area contributed by atoms with Gasteiger partial charge in [-0.1, -0.05) is 6.07 Å². The maximum absolute atomic E-state index is 13.3. The molecule has 1 N–H and O–H groups in total. The van der Waals surface area contributed by atoms with Crippen LogP contribution in [-0.2, 0) is 9.53 Å². The highest BCUT2D eigenvalue weighted by Crippen LogP contribution is 2.37. The van der Waals surface area contributed by atoms with Crippen LogP contribution in [0.4, 0.5) is 10.8 Å². The van der Waals surface area contributed by atoms with Crippen molar-refractivity contribution in [2.24, 2.45) is 0 Å². The molecule has 10 nitrogen and oxygen atoms in total. The molecule has 3 saturated heterocycles. The van der Waals surface area contributed by atoms with Crippen LogP contribution in [0.1, 0.15) is 37.4 Å². The fraction of sp³-hybridized carbons (Fsp3) is 0.581. The van der Waals surface area contributed by atoms with Crippen LogP contribution in [0.3, 0.4) is 0 Å². The van der Waals surface area contributed by atoms with Gasteiger partial charge in [-0.15, -0.1) is 11.3 Å². The molecule has 0 spiro atoms. The molecule has 3 aromatic rings. The number of aromatic nitrogens is 2. The van der Waals surface area contributed by atoms with E-state index in [0.717, 1.165) is 112 Å². The van der Waals surface area contributed by atoms with Gasteiger partial charge in [0, 0.05) is 75.7 Å². The van der Waals surface area contributed by atoms with Crippen LogP contribution in [-0.4, -0.2) is 111 Å². The highest BCUT2D eigenvalue weighted by molar-refractivity contribution is 7.13. The van der Waals surface area contributed by atoms with Crippen molar-refractivity contribution in [2.75, 3.05) is 95.6 Å². The summed E-state index contributed by atoms with van der Waals surface area (Å²) in [5.41, 5.74) is 3.01. The molecule has 2 aromatic heterocycles. The van der Waals surface area contributed by atoms with E-state index >= 15 is 0 Å². The lowest BCUT2D eigenvalue weighted by atomic mass is 10.1. The van der Waals surface area contributed by atoms with Crippen molar-refractivity contribution in [3.05, 3.63) is 41.5 Å². The summed E-state index contributed by atoms with van der Waals surface area (Å²) in [6.45, 7) is 10.5. The lowest BCUT2D eigenvalue weighted by Gasteiger charge is -2.30. The predicted octanol–water partition coefficient (Wildman–Crippen LogP) is 3.39. The number of amides is 1. The molecule has 11 heteroatoms. The molecule has 1 amide bonds.